The van der Waals surface area contributed by atoms with Gasteiger partial charge >= 0.3 is 0 Å². The van der Waals surface area contributed by atoms with E-state index in [1.54, 1.807) is 34.6 Å². The molecule has 2 fully saturated rings. The number of rotatable bonds is 16. The Labute approximate surface area is 645 Å². The van der Waals surface area contributed by atoms with Gasteiger partial charge in [-0.3, -0.25) is 0 Å². The monoisotopic (exact) mass is 1470 g/mol. The normalized spacial score (nSPS) is 17.6. The SMILES string of the molecule is CC(C)(C)CC(C)(C)C.CC(C)(C)CC(C)(C)F.CC(C)(C)CC1(C)COC1.CC(C)(C)CC1(F)CC1.CC(C)CC(C)(C)C.CCC(C)(F)CC(C)(C)C.CCC(F)CC(C)(C)C.CC[C@@H](C)CC(C)(C)C.CC[C@@](C)(F)CC(C)(C)C.CC[C@@](C)(F)CC(C)(C)C.CC[C@H](C)CC(C)(C)C. The van der Waals surface area contributed by atoms with Gasteiger partial charge in [-0.05, 0) is 227 Å². The lowest BCUT2D eigenvalue weighted by Crippen LogP contribution is -2.42. The summed E-state index contributed by atoms with van der Waals surface area (Å²) in [5.41, 5.74) is -0.463. The van der Waals surface area contributed by atoms with Crippen molar-refractivity contribution >= 4 is 0 Å². The van der Waals surface area contributed by atoms with Gasteiger partial charge in [-0.2, -0.15) is 0 Å². The van der Waals surface area contributed by atoms with Gasteiger partial charge in [0.05, 0.1) is 13.2 Å². The standard InChI is InChI=1S/3C9H19F.C9H18O.3C9H20.C8H15F.2C8H17F.C8H18/c3*1-6-9(5,10)7-8(2,3)4;1-8(2,3)5-9(4)6-10-7-9;1-8(2,3)7-9(4,5)6;2*1-6-8(2)7-9(3,4)5;1-7(2,3)6-8(9)4-5-8;1-7(2,3)6-8(4,5)9;1-5-7(9)6-8(2,3)4;1-7(2)6-8(3,4)5/h3*6-7H2,1-5H3;5-7H2,1-4H3;7H2,1-6H3;2*8H,6-7H2,1-5H3;4-6H2,1-3H3;6H2,1-5H3;7H,5-6H2,1-4H3;7H,6H2,1-5H3/t2*9-;;;;2*8-;;;;/m11...10..../s1. The van der Waals surface area contributed by atoms with Crippen molar-refractivity contribution in [2.75, 3.05) is 13.2 Å². The highest BCUT2D eigenvalue weighted by atomic mass is 19.2. The van der Waals surface area contributed by atoms with Crippen molar-refractivity contribution in [1.29, 1.82) is 0 Å². The average Bonchev–Trinajstić information content (AvgIpc) is 1.56. The molecule has 7 heteroatoms. The first kappa shape index (κ1) is 120. The Morgan fingerprint density at radius 2 is 0.539 bits per heavy atom. The third kappa shape index (κ3) is 121. The summed E-state index contributed by atoms with van der Waals surface area (Å²) >= 11 is 0. The van der Waals surface area contributed by atoms with Crippen molar-refractivity contribution in [3.05, 3.63) is 0 Å². The second-order valence-corrected chi connectivity index (χ2v) is 49.2. The zero-order valence-electron chi connectivity index (χ0n) is 80.8. The average molecular weight is 1470 g/mol. The van der Waals surface area contributed by atoms with E-state index in [4.69, 9.17) is 4.74 Å². The molecule has 0 bridgehead atoms. The van der Waals surface area contributed by atoms with E-state index in [1.165, 1.54) is 44.9 Å². The van der Waals surface area contributed by atoms with Crippen molar-refractivity contribution < 1.29 is 31.1 Å². The minimum Gasteiger partial charge on any atom is -0.380 e. The minimum atomic E-state index is -1.02. The number of hydrogen-bond donors (Lipinski definition) is 0. The molecule has 6 atom stereocenters. The van der Waals surface area contributed by atoms with Crippen LogP contribution >= 0.6 is 0 Å². The summed E-state index contributed by atoms with van der Waals surface area (Å²) in [6, 6.07) is 0. The Kier molecular flexibility index (Phi) is 58.4. The molecule has 0 amide bonds. The first-order valence-corrected chi connectivity index (χ1v) is 41.5. The molecule has 0 aromatic carbocycles. The molecule has 1 nitrogen and oxygen atoms in total. The molecular weight excluding hydrogens is 1270 g/mol. The zero-order chi connectivity index (χ0) is 84.9. The highest BCUT2D eigenvalue weighted by molar-refractivity contribution is 4.96. The highest BCUT2D eigenvalue weighted by Gasteiger charge is 2.45. The van der Waals surface area contributed by atoms with Gasteiger partial charge in [-0.1, -0.05) is 338 Å². The van der Waals surface area contributed by atoms with E-state index in [0.29, 0.717) is 95.7 Å². The van der Waals surface area contributed by atoms with Gasteiger partial charge in [-0.15, -0.1) is 0 Å². The maximum atomic E-state index is 13.3. The quantitative estimate of drug-likeness (QED) is 0.140. The molecule has 1 aliphatic heterocycles. The van der Waals surface area contributed by atoms with Crippen LogP contribution in [0.5, 0.6) is 0 Å². The summed E-state index contributed by atoms with van der Waals surface area (Å²) in [6.07, 6.45) is 16.7. The van der Waals surface area contributed by atoms with Crippen molar-refractivity contribution in [3.8, 4) is 0 Å². The molecule has 2 aliphatic rings. The van der Waals surface area contributed by atoms with E-state index in [9.17, 15) is 26.3 Å². The molecule has 0 aromatic rings. The number of ether oxygens (including phenoxy) is 1. The van der Waals surface area contributed by atoms with Crippen LogP contribution in [0.15, 0.2) is 0 Å². The molecule has 1 heterocycles. The molecule has 1 aliphatic carbocycles. The van der Waals surface area contributed by atoms with Crippen LogP contribution in [-0.4, -0.2) is 47.7 Å². The predicted molar refractivity (Wildman–Crippen MR) is 460 cm³/mol. The van der Waals surface area contributed by atoms with Crippen LogP contribution < -0.4 is 0 Å². The van der Waals surface area contributed by atoms with Crippen LogP contribution in [0.3, 0.4) is 0 Å². The van der Waals surface area contributed by atoms with E-state index < -0.39 is 34.5 Å². The third-order valence-corrected chi connectivity index (χ3v) is 16.0. The molecule has 102 heavy (non-hydrogen) atoms. The number of hydrogen-bond acceptors (Lipinski definition) is 1. The third-order valence-electron chi connectivity index (χ3n) is 16.0. The summed E-state index contributed by atoms with van der Waals surface area (Å²) in [5, 5.41) is 0. The second kappa shape index (κ2) is 49.7. The Hall–Kier alpha value is -0.460. The van der Waals surface area contributed by atoms with Crippen molar-refractivity contribution in [2.24, 2.45) is 88.1 Å². The van der Waals surface area contributed by atoms with E-state index in [0.717, 1.165) is 50.2 Å². The van der Waals surface area contributed by atoms with Gasteiger partial charge in [0.1, 0.15) is 34.5 Å². The van der Waals surface area contributed by atoms with E-state index in [2.05, 4.69) is 277 Å². The molecule has 2 unspecified atom stereocenters. The zero-order valence-corrected chi connectivity index (χ0v) is 80.8. The molecular formula is C95H202F6O. The van der Waals surface area contributed by atoms with Crippen LogP contribution in [0.25, 0.3) is 0 Å². The molecule has 0 aromatic heterocycles. The van der Waals surface area contributed by atoms with Crippen LogP contribution in [-0.2, 0) is 4.74 Å². The van der Waals surface area contributed by atoms with Crippen LogP contribution in [0.2, 0.25) is 0 Å². The fourth-order valence-corrected chi connectivity index (χ4v) is 14.1. The highest BCUT2D eigenvalue weighted by Crippen LogP contribution is 2.48. The van der Waals surface area contributed by atoms with E-state index in [1.807, 2.05) is 48.5 Å². The minimum absolute atomic E-state index is 0.109. The number of alkyl halides is 6. The predicted octanol–water partition coefficient (Wildman–Crippen LogP) is 35.9. The van der Waals surface area contributed by atoms with Crippen molar-refractivity contribution in [2.45, 2.75) is 517 Å². The van der Waals surface area contributed by atoms with Gasteiger partial charge in [0, 0.05) is 5.41 Å². The topological polar surface area (TPSA) is 9.23 Å². The number of halogens is 6. The van der Waals surface area contributed by atoms with Crippen LogP contribution in [0, 0.1) is 88.1 Å². The molecule has 1 saturated heterocycles. The maximum absolute atomic E-state index is 13.3. The van der Waals surface area contributed by atoms with Crippen molar-refractivity contribution in [1.82, 2.24) is 0 Å². The lowest BCUT2D eigenvalue weighted by Gasteiger charge is -2.42. The fourth-order valence-electron chi connectivity index (χ4n) is 14.1. The molecule has 2 rings (SSSR count). The van der Waals surface area contributed by atoms with Gasteiger partial charge in [0.15, 0.2) is 0 Å². The van der Waals surface area contributed by atoms with E-state index in [-0.39, 0.29) is 32.5 Å². The van der Waals surface area contributed by atoms with Gasteiger partial charge < -0.3 is 4.74 Å². The molecule has 1 saturated carbocycles. The summed E-state index contributed by atoms with van der Waals surface area (Å²) in [7, 11) is 0. The Balaban J connectivity index is -0.000000133. The van der Waals surface area contributed by atoms with Crippen LogP contribution in [0.1, 0.15) is 482 Å². The largest absolute Gasteiger partial charge is 0.380 e. The Morgan fingerprint density at radius 1 is 0.304 bits per heavy atom. The lowest BCUT2D eigenvalue weighted by atomic mass is 9.74. The van der Waals surface area contributed by atoms with Gasteiger partial charge in [-0.25, -0.2) is 26.3 Å². The lowest BCUT2D eigenvalue weighted by molar-refractivity contribution is -0.119. The van der Waals surface area contributed by atoms with Gasteiger partial charge in [0.2, 0.25) is 0 Å². The smallest absolute Gasteiger partial charge is 0.111 e. The van der Waals surface area contributed by atoms with E-state index >= 15 is 0 Å². The maximum Gasteiger partial charge on any atom is 0.111 e. The summed E-state index contributed by atoms with van der Waals surface area (Å²) in [6.45, 7) is 112. The summed E-state index contributed by atoms with van der Waals surface area (Å²) in [5.74, 6) is 2.63. The summed E-state index contributed by atoms with van der Waals surface area (Å²) in [4.78, 5) is 0. The Morgan fingerprint density at radius 3 is 0.588 bits per heavy atom. The first-order chi connectivity index (χ1) is 43.8. The summed E-state index contributed by atoms with van der Waals surface area (Å²) < 4.78 is 83.6. The first-order valence-electron chi connectivity index (χ1n) is 41.5. The molecule has 0 spiro atoms. The molecule has 0 radical (unpaired) electrons. The van der Waals surface area contributed by atoms with Gasteiger partial charge in [0.25, 0.3) is 0 Å². The second-order valence-electron chi connectivity index (χ2n) is 49.2. The van der Waals surface area contributed by atoms with Crippen LogP contribution in [0.4, 0.5) is 26.3 Å². The fraction of sp³-hybridized carbons (Fsp3) is 1.00. The molecule has 630 valence electrons. The Bertz CT molecular complexity index is 1680. The molecule has 0 N–H and O–H groups in total. The van der Waals surface area contributed by atoms with Crippen molar-refractivity contribution in [3.63, 3.8) is 0 Å².